The number of amides is 1. The number of carbonyl (C=O) groups excluding carboxylic acids is 2. The Kier molecular flexibility index (Phi) is 4.41. The quantitative estimate of drug-likeness (QED) is 0.792. The van der Waals surface area contributed by atoms with Crippen LogP contribution < -0.4 is 10.6 Å². The van der Waals surface area contributed by atoms with Crippen molar-refractivity contribution in [3.8, 4) is 0 Å². The number of aryl methyl sites for hydroxylation is 1. The highest BCUT2D eigenvalue weighted by atomic mass is 16.2. The van der Waals surface area contributed by atoms with Gasteiger partial charge in [-0.1, -0.05) is 6.92 Å². The molecule has 3 rings (SSSR count). The van der Waals surface area contributed by atoms with Crippen LogP contribution in [-0.2, 0) is 6.42 Å². The third-order valence-electron chi connectivity index (χ3n) is 3.89. The van der Waals surface area contributed by atoms with Crippen LogP contribution in [0.5, 0.6) is 0 Å². The molecule has 0 bridgehead atoms. The normalized spacial score (nSPS) is 13.5. The molecule has 0 saturated carbocycles. The number of pyridine rings is 1. The zero-order chi connectivity index (χ0) is 16.2. The number of H-pyrrole nitrogens is 1. The molecule has 23 heavy (non-hydrogen) atoms. The Labute approximate surface area is 134 Å². The number of nitrogens with zero attached hydrogens (tertiary/aromatic N) is 1. The molecular formula is C17H20N4O2. The number of anilines is 2. The summed E-state index contributed by atoms with van der Waals surface area (Å²) in [6, 6.07) is 3.62. The zero-order valence-corrected chi connectivity index (χ0v) is 13.1. The Hall–Kier alpha value is -2.63. The Morgan fingerprint density at radius 2 is 2.22 bits per heavy atom. The molecule has 0 unspecified atom stereocenters. The van der Waals surface area contributed by atoms with Crippen LogP contribution in [-0.4, -0.2) is 28.2 Å². The highest BCUT2D eigenvalue weighted by Crippen LogP contribution is 2.24. The Morgan fingerprint density at radius 1 is 1.35 bits per heavy atom. The van der Waals surface area contributed by atoms with Crippen LogP contribution in [0, 0.1) is 0 Å². The molecule has 0 atom stereocenters. The van der Waals surface area contributed by atoms with E-state index in [-0.39, 0.29) is 11.7 Å². The molecule has 6 nitrogen and oxygen atoms in total. The van der Waals surface area contributed by atoms with Gasteiger partial charge in [0.2, 0.25) is 0 Å². The first-order chi connectivity index (χ1) is 11.2. The van der Waals surface area contributed by atoms with E-state index < -0.39 is 0 Å². The van der Waals surface area contributed by atoms with Crippen LogP contribution in [0.25, 0.3) is 0 Å². The van der Waals surface area contributed by atoms with E-state index in [9.17, 15) is 9.59 Å². The predicted octanol–water partition coefficient (Wildman–Crippen LogP) is 3.00. The van der Waals surface area contributed by atoms with Gasteiger partial charge in [-0.2, -0.15) is 0 Å². The molecule has 6 heteroatoms. The van der Waals surface area contributed by atoms with Gasteiger partial charge in [0.1, 0.15) is 5.82 Å². The molecule has 1 amide bonds. The highest BCUT2D eigenvalue weighted by Gasteiger charge is 2.25. The minimum absolute atomic E-state index is 0.0369. The second-order valence-corrected chi connectivity index (χ2v) is 5.65. The average molecular weight is 312 g/mol. The Balaban J connectivity index is 1.72. The van der Waals surface area contributed by atoms with Crippen molar-refractivity contribution in [1.82, 2.24) is 9.97 Å². The van der Waals surface area contributed by atoms with Gasteiger partial charge in [0.25, 0.3) is 5.91 Å². The van der Waals surface area contributed by atoms with E-state index in [1.165, 1.54) is 0 Å². The van der Waals surface area contributed by atoms with Crippen LogP contribution in [0.2, 0.25) is 0 Å². The Morgan fingerprint density at radius 3 is 2.96 bits per heavy atom. The minimum atomic E-state index is -0.284. The summed E-state index contributed by atoms with van der Waals surface area (Å²) < 4.78 is 0. The molecule has 0 radical (unpaired) electrons. The second-order valence-electron chi connectivity index (χ2n) is 5.65. The lowest BCUT2D eigenvalue weighted by Gasteiger charge is -2.12. The smallest absolute Gasteiger partial charge is 0.257 e. The summed E-state index contributed by atoms with van der Waals surface area (Å²) in [5.74, 6) is 0.530. The first-order valence-corrected chi connectivity index (χ1v) is 7.93. The topological polar surface area (TPSA) is 86.9 Å². The first kappa shape index (κ1) is 15.3. The van der Waals surface area contributed by atoms with Gasteiger partial charge < -0.3 is 15.6 Å². The van der Waals surface area contributed by atoms with Gasteiger partial charge in [0.15, 0.2) is 5.78 Å². The zero-order valence-electron chi connectivity index (χ0n) is 13.1. The van der Waals surface area contributed by atoms with Gasteiger partial charge in [0, 0.05) is 24.9 Å². The van der Waals surface area contributed by atoms with Crippen LogP contribution in [0.4, 0.5) is 11.5 Å². The fourth-order valence-corrected chi connectivity index (χ4v) is 2.74. The lowest BCUT2D eigenvalue weighted by atomic mass is 9.93. The third-order valence-corrected chi connectivity index (χ3v) is 3.89. The third kappa shape index (κ3) is 3.26. The summed E-state index contributed by atoms with van der Waals surface area (Å²) in [4.78, 5) is 31.8. The molecule has 2 aromatic rings. The average Bonchev–Trinajstić information content (AvgIpc) is 3.00. The second kappa shape index (κ2) is 6.64. The summed E-state index contributed by atoms with van der Waals surface area (Å²) >= 11 is 0. The van der Waals surface area contributed by atoms with E-state index in [0.717, 1.165) is 37.3 Å². The van der Waals surface area contributed by atoms with Crippen molar-refractivity contribution in [2.24, 2.45) is 0 Å². The maximum atomic E-state index is 12.4. The van der Waals surface area contributed by atoms with Crippen molar-refractivity contribution in [3.05, 3.63) is 41.3 Å². The lowest BCUT2D eigenvalue weighted by Crippen LogP contribution is -2.18. The molecule has 1 aliphatic carbocycles. The molecular weight excluding hydrogens is 292 g/mol. The highest BCUT2D eigenvalue weighted by molar-refractivity contribution is 6.13. The van der Waals surface area contributed by atoms with E-state index >= 15 is 0 Å². The molecule has 3 N–H and O–H groups in total. The maximum absolute atomic E-state index is 12.4. The lowest BCUT2D eigenvalue weighted by molar-refractivity contribution is 0.0956. The summed E-state index contributed by atoms with van der Waals surface area (Å²) in [7, 11) is 0. The number of hydrogen-bond donors (Lipinski definition) is 3. The van der Waals surface area contributed by atoms with E-state index in [1.54, 1.807) is 18.5 Å². The molecule has 2 heterocycles. The predicted molar refractivity (Wildman–Crippen MR) is 89.0 cm³/mol. The molecule has 0 aromatic carbocycles. The van der Waals surface area contributed by atoms with Crippen molar-refractivity contribution in [3.63, 3.8) is 0 Å². The van der Waals surface area contributed by atoms with E-state index in [2.05, 4.69) is 27.5 Å². The number of Topliss-reactive ketones (excluding diaryl/α,β-unsaturated/α-hetero) is 1. The number of ketones is 1. The van der Waals surface area contributed by atoms with Crippen molar-refractivity contribution >= 4 is 23.2 Å². The van der Waals surface area contributed by atoms with E-state index in [4.69, 9.17) is 0 Å². The van der Waals surface area contributed by atoms with Crippen molar-refractivity contribution in [2.75, 3.05) is 17.2 Å². The number of aromatic amines is 1. The fourth-order valence-electron chi connectivity index (χ4n) is 2.74. The number of rotatable bonds is 5. The summed E-state index contributed by atoms with van der Waals surface area (Å²) in [5.41, 5.74) is 2.43. The maximum Gasteiger partial charge on any atom is 0.257 e. The SMILES string of the molecule is CCCNc1ccc(NC(=O)c2c[nH]c3c2C(=O)CCC3)cn1. The van der Waals surface area contributed by atoms with Crippen LogP contribution >= 0.6 is 0 Å². The van der Waals surface area contributed by atoms with Crippen molar-refractivity contribution in [2.45, 2.75) is 32.6 Å². The van der Waals surface area contributed by atoms with Gasteiger partial charge in [-0.05, 0) is 31.4 Å². The molecule has 2 aromatic heterocycles. The standard InChI is InChI=1S/C17H20N4O2/c1-2-8-18-15-7-6-11(9-20-15)21-17(23)12-10-19-13-4-3-5-14(22)16(12)13/h6-7,9-10,19H,2-5,8H2,1H3,(H,18,20)(H,21,23). The van der Waals surface area contributed by atoms with E-state index in [1.807, 2.05) is 6.07 Å². The summed E-state index contributed by atoms with van der Waals surface area (Å²) in [6.45, 7) is 2.94. The Bertz CT molecular complexity index is 719. The fraction of sp³-hybridized carbons (Fsp3) is 0.353. The summed E-state index contributed by atoms with van der Waals surface area (Å²) in [5, 5.41) is 5.97. The van der Waals surface area contributed by atoms with Crippen molar-refractivity contribution < 1.29 is 9.59 Å². The van der Waals surface area contributed by atoms with Gasteiger partial charge in [0.05, 0.1) is 23.0 Å². The van der Waals surface area contributed by atoms with Gasteiger partial charge in [-0.15, -0.1) is 0 Å². The number of hydrogen-bond acceptors (Lipinski definition) is 4. The molecule has 0 spiro atoms. The molecule has 0 saturated heterocycles. The minimum Gasteiger partial charge on any atom is -0.370 e. The van der Waals surface area contributed by atoms with E-state index in [0.29, 0.717) is 23.2 Å². The molecule has 0 fully saturated rings. The number of nitrogens with one attached hydrogen (secondary N) is 3. The van der Waals surface area contributed by atoms with Gasteiger partial charge >= 0.3 is 0 Å². The monoisotopic (exact) mass is 312 g/mol. The van der Waals surface area contributed by atoms with Crippen LogP contribution in [0.3, 0.4) is 0 Å². The first-order valence-electron chi connectivity index (χ1n) is 7.93. The molecule has 1 aliphatic rings. The van der Waals surface area contributed by atoms with Crippen LogP contribution in [0.15, 0.2) is 24.5 Å². The largest absolute Gasteiger partial charge is 0.370 e. The number of fused-ring (bicyclic) bond motifs is 1. The molecule has 120 valence electrons. The molecule has 0 aliphatic heterocycles. The van der Waals surface area contributed by atoms with Gasteiger partial charge in [-0.25, -0.2) is 4.98 Å². The number of carbonyl (C=O) groups is 2. The van der Waals surface area contributed by atoms with Gasteiger partial charge in [-0.3, -0.25) is 9.59 Å². The van der Waals surface area contributed by atoms with Crippen LogP contribution in [0.1, 0.15) is 52.6 Å². The summed E-state index contributed by atoms with van der Waals surface area (Å²) in [6.07, 6.45) is 6.40. The van der Waals surface area contributed by atoms with Crippen molar-refractivity contribution in [1.29, 1.82) is 0 Å². The number of aromatic nitrogens is 2.